The SMILES string of the molecule is CCOC(=O)C1=C(C)NC2=C(C(=O)c3ccccc32)[C@@H]1c1cc(Cl)c(OCC(=O)O)c(OC)c1. The number of nitrogens with one attached hydrogen (secondary N) is 1. The summed E-state index contributed by atoms with van der Waals surface area (Å²) in [6, 6.07) is 10.3. The summed E-state index contributed by atoms with van der Waals surface area (Å²) in [6.07, 6.45) is 0. The van der Waals surface area contributed by atoms with Crippen LogP contribution in [0.4, 0.5) is 0 Å². The second-order valence-corrected chi connectivity index (χ2v) is 8.10. The van der Waals surface area contributed by atoms with E-state index in [-0.39, 0.29) is 34.5 Å². The Labute approximate surface area is 200 Å². The molecule has 0 aromatic heterocycles. The molecule has 0 spiro atoms. The van der Waals surface area contributed by atoms with Crippen molar-refractivity contribution < 1.29 is 33.7 Å². The van der Waals surface area contributed by atoms with Gasteiger partial charge in [-0.3, -0.25) is 4.79 Å². The zero-order valence-electron chi connectivity index (χ0n) is 18.7. The van der Waals surface area contributed by atoms with Gasteiger partial charge in [0.1, 0.15) is 0 Å². The van der Waals surface area contributed by atoms with E-state index < -0.39 is 24.5 Å². The molecule has 0 bridgehead atoms. The molecule has 176 valence electrons. The Hall–Kier alpha value is -3.78. The molecule has 8 nitrogen and oxygen atoms in total. The molecule has 0 radical (unpaired) electrons. The van der Waals surface area contributed by atoms with Crippen LogP contribution < -0.4 is 14.8 Å². The number of carboxylic acid groups (broad SMARTS) is 1. The van der Waals surface area contributed by atoms with Gasteiger partial charge in [0.2, 0.25) is 0 Å². The van der Waals surface area contributed by atoms with Gasteiger partial charge < -0.3 is 24.6 Å². The van der Waals surface area contributed by atoms with Crippen molar-refractivity contribution in [2.45, 2.75) is 19.8 Å². The van der Waals surface area contributed by atoms with E-state index in [0.717, 1.165) is 5.56 Å². The number of carbonyl (C=O) groups is 3. The normalized spacial score (nSPS) is 16.6. The molecule has 1 heterocycles. The average molecular weight is 484 g/mol. The third-order valence-corrected chi connectivity index (χ3v) is 5.95. The average Bonchev–Trinajstić information content (AvgIpc) is 3.08. The van der Waals surface area contributed by atoms with Gasteiger partial charge in [0.15, 0.2) is 23.9 Å². The smallest absolute Gasteiger partial charge is 0.341 e. The van der Waals surface area contributed by atoms with E-state index in [1.165, 1.54) is 7.11 Å². The van der Waals surface area contributed by atoms with Gasteiger partial charge in [-0.25, -0.2) is 9.59 Å². The molecule has 0 saturated heterocycles. The lowest BCUT2D eigenvalue weighted by Crippen LogP contribution is -2.29. The quantitative estimate of drug-likeness (QED) is 0.569. The summed E-state index contributed by atoms with van der Waals surface area (Å²) in [5, 5.41) is 12.3. The summed E-state index contributed by atoms with van der Waals surface area (Å²) in [5.74, 6) is -2.51. The first-order valence-corrected chi connectivity index (χ1v) is 10.9. The number of ketones is 1. The van der Waals surface area contributed by atoms with Crippen molar-refractivity contribution in [3.05, 3.63) is 75.0 Å². The molecule has 0 fully saturated rings. The Kier molecular flexibility index (Phi) is 6.34. The minimum absolute atomic E-state index is 0.0536. The van der Waals surface area contributed by atoms with Crippen LogP contribution in [0.2, 0.25) is 5.02 Å². The summed E-state index contributed by atoms with van der Waals surface area (Å²) in [5.41, 5.74) is 3.62. The maximum absolute atomic E-state index is 13.5. The molecule has 0 unspecified atom stereocenters. The van der Waals surface area contributed by atoms with Crippen LogP contribution in [0.1, 0.15) is 41.3 Å². The number of fused-ring (bicyclic) bond motifs is 2. The highest BCUT2D eigenvalue weighted by atomic mass is 35.5. The van der Waals surface area contributed by atoms with Crippen LogP contribution >= 0.6 is 11.6 Å². The van der Waals surface area contributed by atoms with Crippen LogP contribution in [0.5, 0.6) is 11.5 Å². The van der Waals surface area contributed by atoms with E-state index in [1.807, 2.05) is 12.1 Å². The Morgan fingerprint density at radius 1 is 1.18 bits per heavy atom. The molecular formula is C25H22ClNO7. The molecule has 2 N–H and O–H groups in total. The number of hydrogen-bond donors (Lipinski definition) is 2. The fraction of sp³-hybridized carbons (Fsp3) is 0.240. The van der Waals surface area contributed by atoms with Gasteiger partial charge in [-0.1, -0.05) is 35.9 Å². The lowest BCUT2D eigenvalue weighted by molar-refractivity contribution is -0.140. The van der Waals surface area contributed by atoms with Crippen molar-refractivity contribution in [3.8, 4) is 11.5 Å². The van der Waals surface area contributed by atoms with Gasteiger partial charge in [-0.15, -0.1) is 0 Å². The van der Waals surface area contributed by atoms with Crippen LogP contribution in [0.3, 0.4) is 0 Å². The maximum Gasteiger partial charge on any atom is 0.341 e. The van der Waals surface area contributed by atoms with E-state index in [2.05, 4.69) is 5.32 Å². The number of aliphatic carboxylic acids is 1. The van der Waals surface area contributed by atoms with E-state index in [9.17, 15) is 14.4 Å². The Bertz CT molecular complexity index is 1280. The van der Waals surface area contributed by atoms with E-state index in [1.54, 1.807) is 38.1 Å². The second-order valence-electron chi connectivity index (χ2n) is 7.70. The third-order valence-electron chi connectivity index (χ3n) is 5.67. The number of carboxylic acids is 1. The predicted octanol–water partition coefficient (Wildman–Crippen LogP) is 3.94. The number of allylic oxidation sites excluding steroid dienone is 2. The van der Waals surface area contributed by atoms with Crippen LogP contribution in [0, 0.1) is 0 Å². The first-order valence-electron chi connectivity index (χ1n) is 10.5. The number of ether oxygens (including phenoxy) is 3. The van der Waals surface area contributed by atoms with Gasteiger partial charge >= 0.3 is 11.9 Å². The van der Waals surface area contributed by atoms with E-state index in [4.69, 9.17) is 30.9 Å². The number of esters is 1. The largest absolute Gasteiger partial charge is 0.493 e. The van der Waals surface area contributed by atoms with Gasteiger partial charge in [0, 0.05) is 28.3 Å². The Morgan fingerprint density at radius 2 is 1.88 bits per heavy atom. The highest BCUT2D eigenvalue weighted by Gasteiger charge is 2.43. The Morgan fingerprint density at radius 3 is 2.53 bits per heavy atom. The molecule has 2 aromatic carbocycles. The third kappa shape index (κ3) is 3.90. The molecule has 34 heavy (non-hydrogen) atoms. The summed E-state index contributed by atoms with van der Waals surface area (Å²) >= 11 is 6.46. The van der Waals surface area contributed by atoms with Crippen molar-refractivity contribution >= 4 is 35.0 Å². The highest BCUT2D eigenvalue weighted by Crippen LogP contribution is 2.49. The van der Waals surface area contributed by atoms with Crippen molar-refractivity contribution in [3.63, 3.8) is 0 Å². The molecule has 9 heteroatoms. The first-order chi connectivity index (χ1) is 16.3. The lowest BCUT2D eigenvalue weighted by atomic mass is 9.79. The highest BCUT2D eigenvalue weighted by molar-refractivity contribution is 6.32. The van der Waals surface area contributed by atoms with Crippen molar-refractivity contribution in [2.75, 3.05) is 20.3 Å². The monoisotopic (exact) mass is 483 g/mol. The fourth-order valence-electron chi connectivity index (χ4n) is 4.32. The number of dihydropyridines is 1. The number of carbonyl (C=O) groups excluding carboxylic acids is 2. The number of rotatable bonds is 7. The molecular weight excluding hydrogens is 462 g/mol. The van der Waals surface area contributed by atoms with Crippen LogP contribution in [-0.4, -0.2) is 43.2 Å². The number of benzene rings is 2. The zero-order chi connectivity index (χ0) is 24.6. The summed E-state index contributed by atoms with van der Waals surface area (Å²) in [6.45, 7) is 3.00. The summed E-state index contributed by atoms with van der Waals surface area (Å²) in [7, 11) is 1.39. The van der Waals surface area contributed by atoms with Crippen LogP contribution in [-0.2, 0) is 14.3 Å². The zero-order valence-corrected chi connectivity index (χ0v) is 19.5. The van der Waals surface area contributed by atoms with Crippen molar-refractivity contribution in [1.82, 2.24) is 5.32 Å². The summed E-state index contributed by atoms with van der Waals surface area (Å²) < 4.78 is 16.0. The standard InChI is InChI=1S/C25H22ClNO7/c1-4-33-25(31)19-12(2)27-22-14-7-5-6-8-15(14)23(30)21(22)20(19)13-9-16(26)24(17(10-13)32-3)34-11-18(28)29/h5-10,20,27H,4,11H2,1-3H3,(H,28,29)/t20-/m1/s1. The van der Waals surface area contributed by atoms with Gasteiger partial charge in [0.25, 0.3) is 0 Å². The lowest BCUT2D eigenvalue weighted by Gasteiger charge is -2.29. The molecule has 0 saturated carbocycles. The molecule has 2 aliphatic rings. The second kappa shape index (κ2) is 9.23. The Balaban J connectivity index is 1.91. The molecule has 4 rings (SSSR count). The maximum atomic E-state index is 13.5. The van der Waals surface area contributed by atoms with Crippen molar-refractivity contribution in [2.24, 2.45) is 0 Å². The molecule has 1 atom stereocenters. The molecule has 0 amide bonds. The van der Waals surface area contributed by atoms with Gasteiger partial charge in [-0.2, -0.15) is 0 Å². The van der Waals surface area contributed by atoms with Crippen molar-refractivity contribution in [1.29, 1.82) is 0 Å². The van der Waals surface area contributed by atoms with Gasteiger partial charge in [0.05, 0.1) is 30.0 Å². The molecule has 1 aliphatic carbocycles. The topological polar surface area (TPSA) is 111 Å². The van der Waals surface area contributed by atoms with E-state index >= 15 is 0 Å². The molecule has 1 aliphatic heterocycles. The summed E-state index contributed by atoms with van der Waals surface area (Å²) in [4.78, 5) is 37.5. The fourth-order valence-corrected chi connectivity index (χ4v) is 4.60. The van der Waals surface area contributed by atoms with Gasteiger partial charge in [-0.05, 0) is 31.5 Å². The number of Topliss-reactive ketones (excluding diaryl/α,β-unsaturated/α-hetero) is 1. The minimum Gasteiger partial charge on any atom is -0.493 e. The van der Waals surface area contributed by atoms with Crippen LogP contribution in [0.15, 0.2) is 53.2 Å². The molecule has 2 aromatic rings. The number of hydrogen-bond acceptors (Lipinski definition) is 7. The first kappa shape index (κ1) is 23.4. The minimum atomic E-state index is -1.17. The number of halogens is 1. The number of methoxy groups -OCH3 is 1. The van der Waals surface area contributed by atoms with E-state index in [0.29, 0.717) is 28.1 Å². The van der Waals surface area contributed by atoms with Crippen LogP contribution in [0.25, 0.3) is 5.70 Å². The predicted molar refractivity (Wildman–Crippen MR) is 124 cm³/mol.